The molecule has 0 bridgehead atoms. The van der Waals surface area contributed by atoms with Gasteiger partial charge >= 0.3 is 5.69 Å². The van der Waals surface area contributed by atoms with Gasteiger partial charge in [0.05, 0.1) is 11.0 Å². The number of carbonyl (C=O) groups is 1. The number of rotatable bonds is 5. The fraction of sp³-hybridized carbons (Fsp3) is 0.250. The van der Waals surface area contributed by atoms with Crippen LogP contribution in [0.1, 0.15) is 35.3 Å². The van der Waals surface area contributed by atoms with E-state index < -0.39 is 16.4 Å². The molecule has 1 heterocycles. The molecule has 120 valence electrons. The Morgan fingerprint density at radius 2 is 2.00 bits per heavy atom. The van der Waals surface area contributed by atoms with Crippen LogP contribution >= 0.6 is 0 Å². The zero-order valence-corrected chi connectivity index (χ0v) is 12.8. The van der Waals surface area contributed by atoms with Crippen LogP contribution in [0.2, 0.25) is 0 Å². The molecule has 0 spiro atoms. The number of benzene rings is 1. The number of phenols is 1. The summed E-state index contributed by atoms with van der Waals surface area (Å²) in [4.78, 5) is 28.1. The lowest BCUT2D eigenvalue weighted by molar-refractivity contribution is -0.385. The van der Waals surface area contributed by atoms with Crippen molar-refractivity contribution < 1.29 is 14.8 Å². The molecule has 1 aromatic heterocycles. The molecule has 0 aliphatic heterocycles. The Morgan fingerprint density at radius 1 is 1.35 bits per heavy atom. The molecule has 0 aliphatic carbocycles. The summed E-state index contributed by atoms with van der Waals surface area (Å²) in [5.41, 5.74) is 0.720. The van der Waals surface area contributed by atoms with E-state index in [1.807, 2.05) is 19.1 Å². The first kappa shape index (κ1) is 16.4. The summed E-state index contributed by atoms with van der Waals surface area (Å²) in [7, 11) is 1.66. The Balaban J connectivity index is 2.28. The van der Waals surface area contributed by atoms with Crippen LogP contribution < -0.4 is 0 Å². The summed E-state index contributed by atoms with van der Waals surface area (Å²) in [6.45, 7) is 1.96. The molecule has 23 heavy (non-hydrogen) atoms. The van der Waals surface area contributed by atoms with Gasteiger partial charge in [0.1, 0.15) is 0 Å². The smallest absolute Gasteiger partial charge is 0.310 e. The highest BCUT2D eigenvalue weighted by molar-refractivity contribution is 5.95. The highest BCUT2D eigenvalue weighted by Crippen LogP contribution is 2.29. The third-order valence-corrected chi connectivity index (χ3v) is 3.68. The molecule has 0 fully saturated rings. The highest BCUT2D eigenvalue weighted by Gasteiger charge is 2.23. The molecule has 2 rings (SSSR count). The number of nitrogens with zero attached hydrogens (tertiary/aromatic N) is 3. The van der Waals surface area contributed by atoms with Crippen LogP contribution in [0.15, 0.2) is 42.7 Å². The number of aromatic hydroxyl groups is 1. The first-order valence-corrected chi connectivity index (χ1v) is 7.10. The minimum absolute atomic E-state index is 0.150. The van der Waals surface area contributed by atoms with Crippen molar-refractivity contribution in [3.63, 3.8) is 0 Å². The maximum absolute atomic E-state index is 12.6. The van der Waals surface area contributed by atoms with Gasteiger partial charge in [0.15, 0.2) is 5.75 Å². The van der Waals surface area contributed by atoms with E-state index in [-0.39, 0.29) is 17.5 Å². The molecule has 0 saturated carbocycles. The number of aromatic nitrogens is 1. The predicted octanol–water partition coefficient (Wildman–Crippen LogP) is 2.92. The van der Waals surface area contributed by atoms with E-state index in [1.165, 1.54) is 6.07 Å². The molecule has 7 nitrogen and oxygen atoms in total. The highest BCUT2D eigenvalue weighted by atomic mass is 16.6. The minimum atomic E-state index is -0.695. The number of carbonyl (C=O) groups excluding carboxylic acids is 1. The average molecular weight is 315 g/mol. The summed E-state index contributed by atoms with van der Waals surface area (Å²) in [6.07, 6.45) is 4.02. The molecule has 2 aromatic rings. The lowest BCUT2D eigenvalue weighted by atomic mass is 10.0. The van der Waals surface area contributed by atoms with Gasteiger partial charge in [-0.25, -0.2) is 0 Å². The van der Waals surface area contributed by atoms with E-state index in [1.54, 1.807) is 24.3 Å². The number of phenolic OH excluding ortho intramolecular Hbond substituents is 1. The van der Waals surface area contributed by atoms with Crippen LogP contribution in [0.5, 0.6) is 5.75 Å². The SMILES string of the molecule is CC[C@H](c1ccncc1)N(C)C(=O)c1ccc([N+](=O)[O-])c(O)c1. The van der Waals surface area contributed by atoms with Gasteiger partial charge in [-0.15, -0.1) is 0 Å². The summed E-state index contributed by atoms with van der Waals surface area (Å²) >= 11 is 0. The number of nitro groups is 1. The topological polar surface area (TPSA) is 96.6 Å². The van der Waals surface area contributed by atoms with Crippen LogP contribution in [0, 0.1) is 10.1 Å². The van der Waals surface area contributed by atoms with Gasteiger partial charge in [0.2, 0.25) is 0 Å². The monoisotopic (exact) mass is 315 g/mol. The van der Waals surface area contributed by atoms with Crippen molar-refractivity contribution in [2.45, 2.75) is 19.4 Å². The molecule has 0 aliphatic rings. The van der Waals surface area contributed by atoms with Crippen LogP contribution in [-0.2, 0) is 0 Å². The second-order valence-electron chi connectivity index (χ2n) is 5.08. The summed E-state index contributed by atoms with van der Waals surface area (Å²) in [5.74, 6) is -0.843. The molecule has 1 aromatic carbocycles. The van der Waals surface area contributed by atoms with Gasteiger partial charge in [-0.3, -0.25) is 19.9 Å². The van der Waals surface area contributed by atoms with Gasteiger partial charge < -0.3 is 10.0 Å². The predicted molar refractivity (Wildman–Crippen MR) is 84.1 cm³/mol. The Bertz CT molecular complexity index is 719. The first-order chi connectivity index (χ1) is 11.0. The van der Waals surface area contributed by atoms with Gasteiger partial charge in [0.25, 0.3) is 5.91 Å². The Kier molecular flexibility index (Phi) is 4.90. The molecule has 0 saturated heterocycles. The van der Waals surface area contributed by atoms with Gasteiger partial charge in [-0.1, -0.05) is 6.92 Å². The molecule has 0 radical (unpaired) electrons. The van der Waals surface area contributed by atoms with E-state index in [0.717, 1.165) is 17.7 Å². The van der Waals surface area contributed by atoms with Crippen LogP contribution in [0.4, 0.5) is 5.69 Å². The maximum Gasteiger partial charge on any atom is 0.310 e. The molecule has 7 heteroatoms. The third-order valence-electron chi connectivity index (χ3n) is 3.68. The molecular formula is C16H17N3O4. The third kappa shape index (κ3) is 3.45. The largest absolute Gasteiger partial charge is 0.502 e. The minimum Gasteiger partial charge on any atom is -0.502 e. The number of pyridine rings is 1. The second-order valence-corrected chi connectivity index (χ2v) is 5.08. The normalized spacial score (nSPS) is 11.7. The van der Waals surface area contributed by atoms with E-state index in [0.29, 0.717) is 6.42 Å². The molecule has 1 atom stereocenters. The fourth-order valence-corrected chi connectivity index (χ4v) is 2.47. The fourth-order valence-electron chi connectivity index (χ4n) is 2.47. The number of amides is 1. The zero-order chi connectivity index (χ0) is 17.0. The molecular weight excluding hydrogens is 298 g/mol. The molecule has 1 N–H and O–H groups in total. The summed E-state index contributed by atoms with van der Waals surface area (Å²) in [5, 5.41) is 20.4. The quantitative estimate of drug-likeness (QED) is 0.676. The Labute approximate surface area is 133 Å². The average Bonchev–Trinajstić information content (AvgIpc) is 2.55. The van der Waals surface area contributed by atoms with E-state index >= 15 is 0 Å². The van der Waals surface area contributed by atoms with Gasteiger partial charge in [-0.2, -0.15) is 0 Å². The van der Waals surface area contributed by atoms with Crippen molar-refractivity contribution in [3.8, 4) is 5.75 Å². The lowest BCUT2D eigenvalue weighted by Gasteiger charge is -2.27. The van der Waals surface area contributed by atoms with Crippen molar-refractivity contribution in [3.05, 3.63) is 64.0 Å². The lowest BCUT2D eigenvalue weighted by Crippen LogP contribution is -2.31. The Hall–Kier alpha value is -2.96. The van der Waals surface area contributed by atoms with Crippen LogP contribution in [0.25, 0.3) is 0 Å². The van der Waals surface area contributed by atoms with Crippen molar-refractivity contribution >= 4 is 11.6 Å². The van der Waals surface area contributed by atoms with Crippen molar-refractivity contribution in [2.75, 3.05) is 7.05 Å². The van der Waals surface area contributed by atoms with Crippen molar-refractivity contribution in [1.82, 2.24) is 9.88 Å². The molecule has 0 unspecified atom stereocenters. The maximum atomic E-state index is 12.6. The number of hydrogen-bond acceptors (Lipinski definition) is 5. The summed E-state index contributed by atoms with van der Waals surface area (Å²) in [6, 6.07) is 7.12. The number of nitro benzene ring substituents is 1. The molecule has 1 amide bonds. The van der Waals surface area contributed by atoms with Crippen LogP contribution in [-0.4, -0.2) is 32.9 Å². The van der Waals surface area contributed by atoms with Crippen LogP contribution in [0.3, 0.4) is 0 Å². The van der Waals surface area contributed by atoms with E-state index in [4.69, 9.17) is 0 Å². The van der Waals surface area contributed by atoms with Crippen molar-refractivity contribution in [1.29, 1.82) is 0 Å². The van der Waals surface area contributed by atoms with Gasteiger partial charge in [-0.05, 0) is 36.2 Å². The van der Waals surface area contributed by atoms with Crippen molar-refractivity contribution in [2.24, 2.45) is 0 Å². The van der Waals surface area contributed by atoms with E-state index in [2.05, 4.69) is 4.98 Å². The Morgan fingerprint density at radius 3 is 2.52 bits per heavy atom. The second kappa shape index (κ2) is 6.87. The summed E-state index contributed by atoms with van der Waals surface area (Å²) < 4.78 is 0. The zero-order valence-electron chi connectivity index (χ0n) is 12.8. The first-order valence-electron chi connectivity index (χ1n) is 7.10. The van der Waals surface area contributed by atoms with Gasteiger partial charge in [0, 0.05) is 31.1 Å². The van der Waals surface area contributed by atoms with E-state index in [9.17, 15) is 20.0 Å². The number of hydrogen-bond donors (Lipinski definition) is 1. The standard InChI is InChI=1S/C16H17N3O4/c1-3-13(11-6-8-17-9-7-11)18(2)16(21)12-4-5-14(19(22)23)15(20)10-12/h4-10,13,20H,3H2,1-2H3/t13-/m1/s1.